The third-order valence-corrected chi connectivity index (χ3v) is 5.04. The van der Waals surface area contributed by atoms with E-state index >= 15 is 0 Å². The van der Waals surface area contributed by atoms with Crippen molar-refractivity contribution < 1.29 is 0 Å². The molecule has 116 valence electrons. The average Bonchev–Trinajstić information content (AvgIpc) is 2.51. The average molecular weight is 326 g/mol. The molecular formula is C18H25Cl2N. The van der Waals surface area contributed by atoms with Crippen LogP contribution < -0.4 is 5.32 Å². The summed E-state index contributed by atoms with van der Waals surface area (Å²) in [5, 5.41) is 4.85. The van der Waals surface area contributed by atoms with Crippen LogP contribution in [0.25, 0.3) is 6.08 Å². The monoisotopic (exact) mass is 325 g/mol. The van der Waals surface area contributed by atoms with Crippen molar-refractivity contribution in [3.05, 3.63) is 39.4 Å². The molecule has 1 aliphatic carbocycles. The van der Waals surface area contributed by atoms with Gasteiger partial charge in [-0.3, -0.25) is 0 Å². The molecule has 1 fully saturated rings. The molecule has 0 aromatic heterocycles. The van der Waals surface area contributed by atoms with Gasteiger partial charge >= 0.3 is 0 Å². The summed E-state index contributed by atoms with van der Waals surface area (Å²) in [6, 6.07) is 5.87. The van der Waals surface area contributed by atoms with Gasteiger partial charge in [-0.2, -0.15) is 0 Å². The van der Waals surface area contributed by atoms with Crippen LogP contribution in [0.2, 0.25) is 10.0 Å². The van der Waals surface area contributed by atoms with Gasteiger partial charge in [0.15, 0.2) is 0 Å². The minimum absolute atomic E-state index is 0.634. The van der Waals surface area contributed by atoms with Gasteiger partial charge in [0.1, 0.15) is 0 Å². The van der Waals surface area contributed by atoms with E-state index < -0.39 is 0 Å². The summed E-state index contributed by atoms with van der Waals surface area (Å²) in [7, 11) is 0. The van der Waals surface area contributed by atoms with Crippen LogP contribution in [0.15, 0.2) is 23.8 Å². The molecule has 2 rings (SSSR count). The van der Waals surface area contributed by atoms with Crippen LogP contribution in [0, 0.1) is 5.92 Å². The SMILES string of the molecule is CCCNC/C(=C/c1cccc(Cl)c1Cl)C1CCCCC1. The summed E-state index contributed by atoms with van der Waals surface area (Å²) in [5.74, 6) is 0.693. The van der Waals surface area contributed by atoms with Gasteiger partial charge in [-0.05, 0) is 43.4 Å². The molecule has 0 heterocycles. The number of hydrogen-bond donors (Lipinski definition) is 1. The fourth-order valence-electron chi connectivity index (χ4n) is 3.03. The Morgan fingerprint density at radius 2 is 2.00 bits per heavy atom. The highest BCUT2D eigenvalue weighted by molar-refractivity contribution is 6.42. The molecule has 0 radical (unpaired) electrons. The van der Waals surface area contributed by atoms with Crippen LogP contribution in [0.4, 0.5) is 0 Å². The third kappa shape index (κ3) is 5.02. The molecule has 0 unspecified atom stereocenters. The zero-order chi connectivity index (χ0) is 15.1. The van der Waals surface area contributed by atoms with Gasteiger partial charge in [0.25, 0.3) is 0 Å². The van der Waals surface area contributed by atoms with Crippen molar-refractivity contribution in [2.24, 2.45) is 5.92 Å². The summed E-state index contributed by atoms with van der Waals surface area (Å²) in [4.78, 5) is 0. The van der Waals surface area contributed by atoms with Gasteiger partial charge in [-0.25, -0.2) is 0 Å². The van der Waals surface area contributed by atoms with E-state index in [4.69, 9.17) is 23.2 Å². The van der Waals surface area contributed by atoms with E-state index in [9.17, 15) is 0 Å². The molecule has 1 N–H and O–H groups in total. The van der Waals surface area contributed by atoms with Gasteiger partial charge < -0.3 is 5.32 Å². The summed E-state index contributed by atoms with van der Waals surface area (Å²) >= 11 is 12.5. The first kappa shape index (κ1) is 16.9. The van der Waals surface area contributed by atoms with Crippen molar-refractivity contribution in [3.63, 3.8) is 0 Å². The van der Waals surface area contributed by atoms with Gasteiger partial charge in [0.05, 0.1) is 10.0 Å². The number of halogens is 2. The van der Waals surface area contributed by atoms with E-state index in [2.05, 4.69) is 24.4 Å². The highest BCUT2D eigenvalue weighted by atomic mass is 35.5. The van der Waals surface area contributed by atoms with Gasteiger partial charge in [-0.1, -0.05) is 73.2 Å². The smallest absolute Gasteiger partial charge is 0.0664 e. The highest BCUT2D eigenvalue weighted by Crippen LogP contribution is 2.33. The van der Waals surface area contributed by atoms with Crippen LogP contribution in [-0.2, 0) is 0 Å². The van der Waals surface area contributed by atoms with E-state index in [-0.39, 0.29) is 0 Å². The molecule has 1 aliphatic rings. The van der Waals surface area contributed by atoms with Crippen LogP contribution in [0.3, 0.4) is 0 Å². The minimum atomic E-state index is 0.634. The summed E-state index contributed by atoms with van der Waals surface area (Å²) in [6.07, 6.45) is 10.1. The predicted molar refractivity (Wildman–Crippen MR) is 94.2 cm³/mol. The van der Waals surface area contributed by atoms with E-state index in [1.807, 2.05) is 12.1 Å². The number of benzene rings is 1. The number of hydrogen-bond acceptors (Lipinski definition) is 1. The maximum Gasteiger partial charge on any atom is 0.0664 e. The maximum atomic E-state index is 6.34. The molecule has 0 spiro atoms. The molecular weight excluding hydrogens is 301 g/mol. The van der Waals surface area contributed by atoms with Crippen molar-refractivity contribution in [3.8, 4) is 0 Å². The van der Waals surface area contributed by atoms with Gasteiger partial charge in [-0.15, -0.1) is 0 Å². The largest absolute Gasteiger partial charge is 0.313 e. The summed E-state index contributed by atoms with van der Waals surface area (Å²) in [5.41, 5.74) is 2.52. The molecule has 21 heavy (non-hydrogen) atoms. The molecule has 1 aromatic rings. The highest BCUT2D eigenvalue weighted by Gasteiger charge is 2.18. The van der Waals surface area contributed by atoms with Crippen molar-refractivity contribution in [1.82, 2.24) is 5.32 Å². The quantitative estimate of drug-likeness (QED) is 0.636. The van der Waals surface area contributed by atoms with Crippen LogP contribution in [0.5, 0.6) is 0 Å². The van der Waals surface area contributed by atoms with Crippen LogP contribution >= 0.6 is 23.2 Å². The van der Waals surface area contributed by atoms with Crippen LogP contribution in [0.1, 0.15) is 51.0 Å². The molecule has 1 aromatic carbocycles. The molecule has 1 saturated carbocycles. The number of rotatable bonds is 6. The van der Waals surface area contributed by atoms with Crippen molar-refractivity contribution in [2.75, 3.05) is 13.1 Å². The molecule has 0 saturated heterocycles. The first-order valence-corrected chi connectivity index (χ1v) is 8.83. The van der Waals surface area contributed by atoms with E-state index in [0.717, 1.165) is 25.1 Å². The Morgan fingerprint density at radius 1 is 1.24 bits per heavy atom. The lowest BCUT2D eigenvalue weighted by Crippen LogP contribution is -2.23. The van der Waals surface area contributed by atoms with Crippen molar-refractivity contribution in [1.29, 1.82) is 0 Å². The van der Waals surface area contributed by atoms with Crippen molar-refractivity contribution >= 4 is 29.3 Å². The molecule has 0 aliphatic heterocycles. The topological polar surface area (TPSA) is 12.0 Å². The van der Waals surface area contributed by atoms with Crippen LogP contribution in [-0.4, -0.2) is 13.1 Å². The Labute approximate surface area is 138 Å². The lowest BCUT2D eigenvalue weighted by molar-refractivity contribution is 0.396. The summed E-state index contributed by atoms with van der Waals surface area (Å²) in [6.45, 7) is 4.22. The van der Waals surface area contributed by atoms with Crippen molar-refractivity contribution in [2.45, 2.75) is 45.4 Å². The lowest BCUT2D eigenvalue weighted by atomic mass is 9.83. The first-order chi connectivity index (χ1) is 10.2. The second-order valence-electron chi connectivity index (χ2n) is 5.87. The molecule has 3 heteroatoms. The van der Waals surface area contributed by atoms with E-state index in [0.29, 0.717) is 16.0 Å². The second kappa shape index (κ2) is 8.82. The third-order valence-electron chi connectivity index (χ3n) is 4.21. The number of nitrogens with one attached hydrogen (secondary N) is 1. The second-order valence-corrected chi connectivity index (χ2v) is 6.66. The molecule has 0 atom stereocenters. The Bertz CT molecular complexity index is 476. The summed E-state index contributed by atoms with van der Waals surface area (Å²) < 4.78 is 0. The molecule has 1 nitrogen and oxygen atoms in total. The zero-order valence-electron chi connectivity index (χ0n) is 12.8. The Balaban J connectivity index is 2.19. The van der Waals surface area contributed by atoms with E-state index in [1.54, 1.807) is 0 Å². The molecule has 0 amide bonds. The lowest BCUT2D eigenvalue weighted by Gasteiger charge is -2.25. The fraction of sp³-hybridized carbons (Fsp3) is 0.556. The Hall–Kier alpha value is -0.500. The Morgan fingerprint density at radius 3 is 2.71 bits per heavy atom. The standard InChI is InChI=1S/C18H25Cl2N/c1-2-11-21-13-16(14-7-4-3-5-8-14)12-15-9-6-10-17(19)18(15)20/h6,9-10,12,14,21H,2-5,7-8,11,13H2,1H3/b16-12-. The van der Waals surface area contributed by atoms with Gasteiger partial charge in [0, 0.05) is 6.54 Å². The normalized spacial score (nSPS) is 17.2. The fourth-order valence-corrected chi connectivity index (χ4v) is 3.39. The van der Waals surface area contributed by atoms with Gasteiger partial charge in [0.2, 0.25) is 0 Å². The molecule has 0 bridgehead atoms. The minimum Gasteiger partial charge on any atom is -0.313 e. The van der Waals surface area contributed by atoms with E-state index in [1.165, 1.54) is 37.7 Å². The zero-order valence-corrected chi connectivity index (χ0v) is 14.3. The predicted octanol–water partition coefficient (Wildman–Crippen LogP) is 5.96. The Kier molecular flexibility index (Phi) is 7.09. The first-order valence-electron chi connectivity index (χ1n) is 8.07. The maximum absolute atomic E-state index is 6.34.